The Morgan fingerprint density at radius 3 is 2.55 bits per heavy atom. The van der Waals surface area contributed by atoms with Crippen LogP contribution in [-0.2, 0) is 14.3 Å². The highest BCUT2D eigenvalue weighted by atomic mass is 35.5. The van der Waals surface area contributed by atoms with Crippen LogP contribution in [0.15, 0.2) is 0 Å². The van der Waals surface area contributed by atoms with E-state index in [0.717, 1.165) is 0 Å². The van der Waals surface area contributed by atoms with E-state index in [1.807, 2.05) is 0 Å². The fraction of sp³-hybridized carbons (Fsp3) is 0.714. The molecule has 0 saturated carbocycles. The van der Waals surface area contributed by atoms with E-state index in [4.69, 9.17) is 11.6 Å². The van der Waals surface area contributed by atoms with Crippen LogP contribution in [0, 0.1) is 0 Å². The first-order valence-electron chi connectivity index (χ1n) is 3.44. The number of alkyl halides is 1. The van der Waals surface area contributed by atoms with Gasteiger partial charge >= 0.3 is 5.97 Å². The molecule has 0 aromatic rings. The van der Waals surface area contributed by atoms with Gasteiger partial charge in [-0.15, -0.1) is 11.6 Å². The van der Waals surface area contributed by atoms with E-state index in [-0.39, 0.29) is 18.3 Å². The summed E-state index contributed by atoms with van der Waals surface area (Å²) in [6.45, 7) is 1.92. The van der Waals surface area contributed by atoms with Crippen molar-refractivity contribution < 1.29 is 14.3 Å². The van der Waals surface area contributed by atoms with E-state index in [0.29, 0.717) is 12.8 Å². The van der Waals surface area contributed by atoms with Crippen molar-refractivity contribution in [1.29, 1.82) is 0 Å². The van der Waals surface area contributed by atoms with Crippen molar-refractivity contribution in [2.75, 3.05) is 12.5 Å². The summed E-state index contributed by atoms with van der Waals surface area (Å²) in [5.41, 5.74) is 0. The maximum absolute atomic E-state index is 10.7. The second kappa shape index (κ2) is 6.16. The number of hydrogen-bond acceptors (Lipinski definition) is 3. The molecule has 0 N–H and O–H groups in total. The van der Waals surface area contributed by atoms with Crippen molar-refractivity contribution in [3.63, 3.8) is 0 Å². The molecular weight excluding hydrogens is 168 g/mol. The average molecular weight is 179 g/mol. The minimum absolute atomic E-state index is 0.0902. The van der Waals surface area contributed by atoms with Gasteiger partial charge in [-0.25, -0.2) is 0 Å². The molecule has 0 aliphatic heterocycles. The van der Waals surface area contributed by atoms with Crippen molar-refractivity contribution in [2.24, 2.45) is 0 Å². The second-order valence-electron chi connectivity index (χ2n) is 2.00. The number of carbonyl (C=O) groups is 2. The van der Waals surface area contributed by atoms with Gasteiger partial charge in [0, 0.05) is 12.8 Å². The van der Waals surface area contributed by atoms with Crippen LogP contribution in [0.5, 0.6) is 0 Å². The Balaban J connectivity index is 3.27. The molecule has 0 aromatic heterocycles. The van der Waals surface area contributed by atoms with E-state index >= 15 is 0 Å². The molecule has 0 unspecified atom stereocenters. The van der Waals surface area contributed by atoms with Crippen LogP contribution in [0.2, 0.25) is 0 Å². The zero-order valence-corrected chi connectivity index (χ0v) is 7.19. The Morgan fingerprint density at radius 1 is 1.45 bits per heavy atom. The van der Waals surface area contributed by atoms with E-state index in [1.54, 1.807) is 6.92 Å². The maximum atomic E-state index is 10.7. The van der Waals surface area contributed by atoms with E-state index < -0.39 is 5.97 Å². The Hall–Kier alpha value is -0.570. The number of hydrogen-bond donors (Lipinski definition) is 0. The Bertz CT molecular complexity index is 129. The van der Waals surface area contributed by atoms with Crippen LogP contribution >= 0.6 is 11.6 Å². The first-order valence-corrected chi connectivity index (χ1v) is 3.97. The molecule has 0 radical (unpaired) electrons. The molecule has 0 spiro atoms. The molecule has 4 heteroatoms. The molecule has 0 amide bonds. The van der Waals surface area contributed by atoms with Crippen LogP contribution in [-0.4, -0.2) is 24.2 Å². The van der Waals surface area contributed by atoms with Crippen LogP contribution in [0.4, 0.5) is 0 Å². The fourth-order valence-corrected chi connectivity index (χ4v) is 0.571. The first-order chi connectivity index (χ1) is 5.20. The van der Waals surface area contributed by atoms with Gasteiger partial charge in [0.2, 0.25) is 0 Å². The molecule has 0 saturated heterocycles. The van der Waals surface area contributed by atoms with Crippen molar-refractivity contribution in [3.05, 3.63) is 0 Å². The molecule has 64 valence electrons. The smallest absolute Gasteiger partial charge is 0.320 e. The number of carbonyl (C=O) groups excluding carboxylic acids is 2. The van der Waals surface area contributed by atoms with Crippen molar-refractivity contribution in [1.82, 2.24) is 0 Å². The van der Waals surface area contributed by atoms with Crippen molar-refractivity contribution >= 4 is 23.4 Å². The predicted molar refractivity (Wildman–Crippen MR) is 41.6 cm³/mol. The highest BCUT2D eigenvalue weighted by Gasteiger charge is 2.01. The quantitative estimate of drug-likeness (QED) is 0.469. The molecular formula is C7H11ClO3. The number of Topliss-reactive ketones (excluding diaryl/α,β-unsaturated/α-hetero) is 1. The highest BCUT2D eigenvalue weighted by molar-refractivity contribution is 6.26. The lowest BCUT2D eigenvalue weighted by Crippen LogP contribution is -2.09. The predicted octanol–water partition coefficient (Wildman–Crippen LogP) is 1.14. The third-order valence-electron chi connectivity index (χ3n) is 1.15. The van der Waals surface area contributed by atoms with Crippen molar-refractivity contribution in [2.45, 2.75) is 19.8 Å². The lowest BCUT2D eigenvalue weighted by molar-refractivity contribution is -0.141. The summed E-state index contributed by atoms with van der Waals surface area (Å²) in [6, 6.07) is 0. The zero-order valence-electron chi connectivity index (χ0n) is 6.43. The summed E-state index contributed by atoms with van der Waals surface area (Å²) in [5, 5.41) is 0. The summed E-state index contributed by atoms with van der Waals surface area (Å²) in [7, 11) is 0. The van der Waals surface area contributed by atoms with Gasteiger partial charge in [0.25, 0.3) is 0 Å². The molecule has 0 aliphatic carbocycles. The number of rotatable bonds is 5. The average Bonchev–Trinajstić information content (AvgIpc) is 2.04. The monoisotopic (exact) mass is 178 g/mol. The summed E-state index contributed by atoms with van der Waals surface area (Å²) >= 11 is 5.14. The molecule has 0 aliphatic rings. The SMILES string of the molecule is CCC(=O)CCOC(=O)CCl. The molecule has 0 aromatic carbocycles. The summed E-state index contributed by atoms with van der Waals surface area (Å²) < 4.78 is 4.57. The van der Waals surface area contributed by atoms with Gasteiger partial charge in [-0.05, 0) is 0 Å². The summed E-state index contributed by atoms with van der Waals surface area (Å²) in [6.07, 6.45) is 0.775. The van der Waals surface area contributed by atoms with Crippen LogP contribution in [0.1, 0.15) is 19.8 Å². The minimum atomic E-state index is -0.476. The van der Waals surface area contributed by atoms with Gasteiger partial charge in [-0.3, -0.25) is 9.59 Å². The molecule has 0 heterocycles. The molecule has 0 atom stereocenters. The van der Waals surface area contributed by atoms with Gasteiger partial charge in [0.1, 0.15) is 11.7 Å². The normalized spacial score (nSPS) is 9.27. The second-order valence-corrected chi connectivity index (χ2v) is 2.26. The van der Waals surface area contributed by atoms with E-state index in [2.05, 4.69) is 4.74 Å². The standard InChI is InChI=1S/C7H11ClO3/c1-2-6(9)3-4-11-7(10)5-8/h2-5H2,1H3. The Morgan fingerprint density at radius 2 is 2.09 bits per heavy atom. The van der Waals surface area contributed by atoms with E-state index in [1.165, 1.54) is 0 Å². The number of esters is 1. The Labute approximate surface area is 70.7 Å². The summed E-state index contributed by atoms with van der Waals surface area (Å²) in [4.78, 5) is 21.1. The number of ketones is 1. The van der Waals surface area contributed by atoms with Crippen molar-refractivity contribution in [3.8, 4) is 0 Å². The number of halogens is 1. The van der Waals surface area contributed by atoms with Gasteiger partial charge < -0.3 is 4.74 Å². The van der Waals surface area contributed by atoms with Gasteiger partial charge in [0.15, 0.2) is 0 Å². The van der Waals surface area contributed by atoms with Gasteiger partial charge in [-0.1, -0.05) is 6.92 Å². The van der Waals surface area contributed by atoms with E-state index in [9.17, 15) is 9.59 Å². The molecule has 0 fully saturated rings. The van der Waals surface area contributed by atoms with Gasteiger partial charge in [0.05, 0.1) is 6.61 Å². The third kappa shape index (κ3) is 5.85. The summed E-state index contributed by atoms with van der Waals surface area (Å²) in [5.74, 6) is -0.539. The third-order valence-corrected chi connectivity index (χ3v) is 1.37. The number of ether oxygens (including phenoxy) is 1. The fourth-order valence-electron chi connectivity index (χ4n) is 0.494. The highest BCUT2D eigenvalue weighted by Crippen LogP contribution is 1.91. The molecule has 0 rings (SSSR count). The minimum Gasteiger partial charge on any atom is -0.464 e. The van der Waals surface area contributed by atoms with Crippen LogP contribution in [0.3, 0.4) is 0 Å². The topological polar surface area (TPSA) is 43.4 Å². The first kappa shape index (κ1) is 10.4. The molecule has 0 bridgehead atoms. The van der Waals surface area contributed by atoms with Crippen LogP contribution < -0.4 is 0 Å². The largest absolute Gasteiger partial charge is 0.464 e. The lowest BCUT2D eigenvalue weighted by Gasteiger charge is -1.99. The molecule has 11 heavy (non-hydrogen) atoms. The lowest BCUT2D eigenvalue weighted by atomic mass is 10.2. The zero-order chi connectivity index (χ0) is 8.69. The molecule has 3 nitrogen and oxygen atoms in total. The van der Waals surface area contributed by atoms with Crippen LogP contribution in [0.25, 0.3) is 0 Å². The van der Waals surface area contributed by atoms with Gasteiger partial charge in [-0.2, -0.15) is 0 Å². The Kier molecular flexibility index (Phi) is 5.84. The maximum Gasteiger partial charge on any atom is 0.320 e.